The molecule has 0 saturated carbocycles. The quantitative estimate of drug-likeness (QED) is 0.694. The standard InChI is InChI=1S/C23H34ClN3O4/c1-23(2,3)31-22(29)26-11-8-16(9-12-26)27-13-10-18(15-27)30-17-6-7-19(20(24)14-17)21(28)25(4)5/h6-7,14,16,18H,8-13,15H2,1-5H3/t18-/m0/s1. The maximum Gasteiger partial charge on any atom is 0.410 e. The highest BCUT2D eigenvalue weighted by Gasteiger charge is 2.33. The number of halogens is 1. The van der Waals surface area contributed by atoms with Gasteiger partial charge in [0.1, 0.15) is 17.5 Å². The van der Waals surface area contributed by atoms with Gasteiger partial charge in [0, 0.05) is 46.3 Å². The van der Waals surface area contributed by atoms with Gasteiger partial charge in [0.15, 0.2) is 0 Å². The molecule has 0 N–H and O–H groups in total. The lowest BCUT2D eigenvalue weighted by Crippen LogP contribution is -2.47. The Kier molecular flexibility index (Phi) is 7.37. The molecule has 7 nitrogen and oxygen atoms in total. The van der Waals surface area contributed by atoms with E-state index in [0.717, 1.165) is 45.4 Å². The minimum absolute atomic E-state index is 0.0929. The molecule has 1 atom stereocenters. The Morgan fingerprint density at radius 1 is 1.10 bits per heavy atom. The average molecular weight is 452 g/mol. The molecule has 0 unspecified atom stereocenters. The van der Waals surface area contributed by atoms with Crippen LogP contribution in [0.1, 0.15) is 50.4 Å². The summed E-state index contributed by atoms with van der Waals surface area (Å²) in [6, 6.07) is 5.71. The Bertz CT molecular complexity index is 801. The molecule has 2 heterocycles. The Balaban J connectivity index is 1.49. The second-order valence-corrected chi connectivity index (χ2v) is 9.97. The van der Waals surface area contributed by atoms with E-state index in [1.807, 2.05) is 31.7 Å². The summed E-state index contributed by atoms with van der Waals surface area (Å²) in [4.78, 5) is 30.2. The van der Waals surface area contributed by atoms with Gasteiger partial charge in [-0.2, -0.15) is 0 Å². The van der Waals surface area contributed by atoms with Crippen molar-refractivity contribution >= 4 is 23.6 Å². The molecule has 172 valence electrons. The van der Waals surface area contributed by atoms with E-state index < -0.39 is 5.60 Å². The van der Waals surface area contributed by atoms with Crippen molar-refractivity contribution in [1.82, 2.24) is 14.7 Å². The molecule has 1 aromatic rings. The van der Waals surface area contributed by atoms with E-state index in [4.69, 9.17) is 21.1 Å². The highest BCUT2D eigenvalue weighted by molar-refractivity contribution is 6.34. The Labute approximate surface area is 190 Å². The molecule has 0 aliphatic carbocycles. The average Bonchev–Trinajstić information content (AvgIpc) is 3.15. The summed E-state index contributed by atoms with van der Waals surface area (Å²) in [6.45, 7) is 8.95. The van der Waals surface area contributed by atoms with Crippen LogP contribution < -0.4 is 4.74 Å². The van der Waals surface area contributed by atoms with E-state index in [9.17, 15) is 9.59 Å². The lowest BCUT2D eigenvalue weighted by molar-refractivity contribution is 0.0150. The second-order valence-electron chi connectivity index (χ2n) is 9.56. The fourth-order valence-corrected chi connectivity index (χ4v) is 4.35. The first-order valence-corrected chi connectivity index (χ1v) is 11.3. The van der Waals surface area contributed by atoms with Crippen LogP contribution in [0.5, 0.6) is 5.75 Å². The smallest absolute Gasteiger partial charge is 0.410 e. The predicted octanol–water partition coefficient (Wildman–Crippen LogP) is 3.89. The van der Waals surface area contributed by atoms with Crippen LogP contribution in [0.2, 0.25) is 5.02 Å². The Hall–Kier alpha value is -1.99. The predicted molar refractivity (Wildman–Crippen MR) is 121 cm³/mol. The third-order valence-electron chi connectivity index (χ3n) is 5.69. The third kappa shape index (κ3) is 6.26. The van der Waals surface area contributed by atoms with Crippen LogP contribution in [0.3, 0.4) is 0 Å². The number of likely N-dealkylation sites (tertiary alicyclic amines) is 2. The second kappa shape index (κ2) is 9.65. The summed E-state index contributed by atoms with van der Waals surface area (Å²) in [5, 5.41) is 0.403. The summed E-state index contributed by atoms with van der Waals surface area (Å²) in [7, 11) is 3.41. The number of carbonyl (C=O) groups excluding carboxylic acids is 2. The summed E-state index contributed by atoms with van der Waals surface area (Å²) in [6.07, 6.45) is 2.71. The van der Waals surface area contributed by atoms with E-state index in [0.29, 0.717) is 22.4 Å². The molecule has 8 heteroatoms. The van der Waals surface area contributed by atoms with Crippen molar-refractivity contribution in [3.63, 3.8) is 0 Å². The molecular formula is C23H34ClN3O4. The van der Waals surface area contributed by atoms with Gasteiger partial charge in [-0.1, -0.05) is 11.6 Å². The van der Waals surface area contributed by atoms with Gasteiger partial charge >= 0.3 is 6.09 Å². The summed E-state index contributed by atoms with van der Waals surface area (Å²) >= 11 is 6.30. The van der Waals surface area contributed by atoms with Gasteiger partial charge in [-0.25, -0.2) is 4.79 Å². The molecule has 0 aromatic heterocycles. The number of hydrogen-bond donors (Lipinski definition) is 0. The number of piperidine rings is 1. The molecule has 2 aliphatic heterocycles. The fraction of sp³-hybridized carbons (Fsp3) is 0.652. The summed E-state index contributed by atoms with van der Waals surface area (Å²) in [5.41, 5.74) is 0.0118. The maximum atomic E-state index is 12.3. The number of benzene rings is 1. The minimum atomic E-state index is -0.464. The van der Waals surface area contributed by atoms with E-state index >= 15 is 0 Å². The van der Waals surface area contributed by atoms with Gasteiger partial charge in [-0.3, -0.25) is 9.69 Å². The first-order valence-electron chi connectivity index (χ1n) is 10.9. The monoisotopic (exact) mass is 451 g/mol. The SMILES string of the molecule is CN(C)C(=O)c1ccc(O[C@H]2CCN(C3CCN(C(=O)OC(C)(C)C)CC3)C2)cc1Cl. The molecule has 1 aromatic carbocycles. The first kappa shape index (κ1) is 23.7. The minimum Gasteiger partial charge on any atom is -0.489 e. The van der Waals surface area contributed by atoms with Crippen molar-refractivity contribution in [2.75, 3.05) is 40.3 Å². The number of nitrogens with zero attached hydrogens (tertiary/aromatic N) is 3. The molecule has 0 radical (unpaired) electrons. The van der Waals surface area contributed by atoms with Crippen LogP contribution in [0.4, 0.5) is 4.79 Å². The first-order chi connectivity index (χ1) is 14.5. The van der Waals surface area contributed by atoms with E-state index in [2.05, 4.69) is 4.90 Å². The van der Waals surface area contributed by atoms with E-state index in [-0.39, 0.29) is 18.1 Å². The molecular weight excluding hydrogens is 418 g/mol. The van der Waals surface area contributed by atoms with Crippen LogP contribution in [-0.2, 0) is 4.74 Å². The molecule has 2 amide bonds. The highest BCUT2D eigenvalue weighted by Crippen LogP contribution is 2.28. The molecule has 2 fully saturated rings. The van der Waals surface area contributed by atoms with Crippen molar-refractivity contribution in [1.29, 1.82) is 0 Å². The van der Waals surface area contributed by atoms with Crippen LogP contribution >= 0.6 is 11.6 Å². The van der Waals surface area contributed by atoms with E-state index in [1.54, 1.807) is 26.2 Å². The largest absolute Gasteiger partial charge is 0.489 e. The number of rotatable bonds is 4. The summed E-state index contributed by atoms with van der Waals surface area (Å²) in [5.74, 6) is 0.563. The highest BCUT2D eigenvalue weighted by atomic mass is 35.5. The molecule has 3 rings (SSSR count). The normalized spacial score (nSPS) is 20.6. The van der Waals surface area contributed by atoms with Gasteiger partial charge in [0.25, 0.3) is 5.91 Å². The van der Waals surface area contributed by atoms with Gasteiger partial charge in [0.2, 0.25) is 0 Å². The summed E-state index contributed by atoms with van der Waals surface area (Å²) < 4.78 is 11.6. The van der Waals surface area contributed by atoms with Crippen molar-refractivity contribution in [3.05, 3.63) is 28.8 Å². The number of amides is 2. The van der Waals surface area contributed by atoms with Gasteiger partial charge < -0.3 is 19.3 Å². The maximum absolute atomic E-state index is 12.3. The number of carbonyl (C=O) groups is 2. The van der Waals surface area contributed by atoms with Crippen LogP contribution in [0.25, 0.3) is 0 Å². The zero-order valence-corrected chi connectivity index (χ0v) is 19.9. The zero-order chi connectivity index (χ0) is 22.8. The van der Waals surface area contributed by atoms with Gasteiger partial charge in [-0.15, -0.1) is 0 Å². The Morgan fingerprint density at radius 2 is 1.77 bits per heavy atom. The lowest BCUT2D eigenvalue weighted by atomic mass is 10.0. The lowest BCUT2D eigenvalue weighted by Gasteiger charge is -2.37. The molecule has 2 saturated heterocycles. The van der Waals surface area contributed by atoms with Crippen molar-refractivity contribution in [3.8, 4) is 5.75 Å². The van der Waals surface area contributed by atoms with Gasteiger partial charge in [0.05, 0.1) is 10.6 Å². The fourth-order valence-electron chi connectivity index (χ4n) is 4.10. The van der Waals surface area contributed by atoms with Crippen LogP contribution in [0, 0.1) is 0 Å². The van der Waals surface area contributed by atoms with Gasteiger partial charge in [-0.05, 0) is 58.2 Å². The van der Waals surface area contributed by atoms with E-state index in [1.165, 1.54) is 4.90 Å². The third-order valence-corrected chi connectivity index (χ3v) is 6.00. The number of hydrogen-bond acceptors (Lipinski definition) is 5. The topological polar surface area (TPSA) is 62.3 Å². The molecule has 2 aliphatic rings. The molecule has 31 heavy (non-hydrogen) atoms. The zero-order valence-electron chi connectivity index (χ0n) is 19.2. The van der Waals surface area contributed by atoms with Crippen molar-refractivity contribution in [2.45, 2.75) is 57.8 Å². The number of ether oxygens (including phenoxy) is 2. The van der Waals surface area contributed by atoms with Crippen LogP contribution in [0.15, 0.2) is 18.2 Å². The van der Waals surface area contributed by atoms with Crippen LogP contribution in [-0.4, -0.2) is 84.7 Å². The molecule has 0 bridgehead atoms. The van der Waals surface area contributed by atoms with Crippen molar-refractivity contribution in [2.24, 2.45) is 0 Å². The van der Waals surface area contributed by atoms with Crippen molar-refractivity contribution < 1.29 is 19.1 Å². The Morgan fingerprint density at radius 3 is 2.35 bits per heavy atom. The molecule has 0 spiro atoms.